The number of para-hydroxylation sites is 1. The summed E-state index contributed by atoms with van der Waals surface area (Å²) < 4.78 is 27.3. The van der Waals surface area contributed by atoms with Crippen molar-refractivity contribution in [2.24, 2.45) is 0 Å². The first-order chi connectivity index (χ1) is 14.6. The lowest BCUT2D eigenvalue weighted by molar-refractivity contribution is -0.161. The third-order valence-electron chi connectivity index (χ3n) is 4.14. The van der Waals surface area contributed by atoms with E-state index in [1.54, 1.807) is 12.1 Å². The van der Waals surface area contributed by atoms with Crippen LogP contribution < -0.4 is 4.52 Å². The second-order valence-corrected chi connectivity index (χ2v) is 8.07. The maximum absolute atomic E-state index is 12.1. The predicted octanol–water partition coefficient (Wildman–Crippen LogP) is 5.57. The molecule has 0 fully saturated rings. The minimum atomic E-state index is -1.68. The van der Waals surface area contributed by atoms with E-state index in [4.69, 9.17) is 23.0 Å². The molecular weight excluding hydrogens is 407 g/mol. The van der Waals surface area contributed by atoms with Crippen LogP contribution in [-0.2, 0) is 28.1 Å². The van der Waals surface area contributed by atoms with Crippen molar-refractivity contribution < 1.29 is 32.6 Å². The molecule has 30 heavy (non-hydrogen) atoms. The molecule has 0 amide bonds. The van der Waals surface area contributed by atoms with Gasteiger partial charge in [0.1, 0.15) is 12.4 Å². The molecule has 0 aliphatic carbocycles. The second kappa shape index (κ2) is 17.0. The Balaban J connectivity index is 2.54. The molecule has 0 aromatic heterocycles. The predicted molar refractivity (Wildman–Crippen MR) is 116 cm³/mol. The highest BCUT2D eigenvalue weighted by Gasteiger charge is 2.21. The average molecular weight is 442 g/mol. The molecule has 0 aliphatic rings. The van der Waals surface area contributed by atoms with E-state index in [9.17, 15) is 9.59 Å². The van der Waals surface area contributed by atoms with E-state index in [1.807, 2.05) is 18.2 Å². The van der Waals surface area contributed by atoms with Gasteiger partial charge < -0.3 is 18.5 Å². The van der Waals surface area contributed by atoms with Crippen molar-refractivity contribution in [1.82, 2.24) is 0 Å². The summed E-state index contributed by atoms with van der Waals surface area (Å²) in [7, 11) is -0.195. The zero-order valence-corrected chi connectivity index (χ0v) is 19.2. The van der Waals surface area contributed by atoms with Gasteiger partial charge in [-0.15, -0.1) is 0 Å². The van der Waals surface area contributed by atoms with Crippen LogP contribution in [0, 0.1) is 0 Å². The number of esters is 2. The lowest BCUT2D eigenvalue weighted by Gasteiger charge is -2.21. The smallest absolute Gasteiger partial charge is 0.397 e. The maximum Gasteiger partial charge on any atom is 0.397 e. The van der Waals surface area contributed by atoms with Gasteiger partial charge in [-0.1, -0.05) is 57.7 Å². The van der Waals surface area contributed by atoms with Crippen LogP contribution in [0.2, 0.25) is 0 Å². The van der Waals surface area contributed by atoms with Gasteiger partial charge in [0.2, 0.25) is 0 Å². The number of hydrogen-bond acceptors (Lipinski definition) is 7. The van der Waals surface area contributed by atoms with E-state index in [-0.39, 0.29) is 25.2 Å². The van der Waals surface area contributed by atoms with Crippen molar-refractivity contribution in [2.45, 2.75) is 71.3 Å². The molecule has 1 aromatic rings. The van der Waals surface area contributed by atoms with Crippen LogP contribution in [0.5, 0.6) is 5.75 Å². The summed E-state index contributed by atoms with van der Waals surface area (Å²) in [6.07, 6.45) is 5.50. The van der Waals surface area contributed by atoms with Gasteiger partial charge in [-0.25, -0.2) is 0 Å². The highest BCUT2D eigenvalue weighted by Crippen LogP contribution is 2.39. The largest absolute Gasteiger partial charge is 0.462 e. The molecule has 1 aromatic carbocycles. The Labute approximate surface area is 181 Å². The standard InChI is InChI=1S/C22H35O7P/c1-4-6-9-15-21(23)26-17-20(28-22(24)16-10-7-5-2)18-27-30(25-3)29-19-13-11-8-12-14-19/h8,11-14,20H,4-7,9-10,15-18H2,1-3H3/t20-,30?/m1/s1. The Bertz CT molecular complexity index is 582. The van der Waals surface area contributed by atoms with E-state index in [1.165, 1.54) is 7.11 Å². The van der Waals surface area contributed by atoms with Crippen LogP contribution in [0.1, 0.15) is 65.2 Å². The molecule has 0 heterocycles. The number of hydrogen-bond donors (Lipinski definition) is 0. The van der Waals surface area contributed by atoms with E-state index in [0.29, 0.717) is 18.6 Å². The average Bonchev–Trinajstić information content (AvgIpc) is 2.75. The molecule has 170 valence electrons. The molecule has 0 radical (unpaired) electrons. The van der Waals surface area contributed by atoms with Gasteiger partial charge in [-0.05, 0) is 25.0 Å². The topological polar surface area (TPSA) is 80.3 Å². The molecule has 0 saturated carbocycles. The lowest BCUT2D eigenvalue weighted by atomic mass is 10.2. The van der Waals surface area contributed by atoms with Gasteiger partial charge in [-0.3, -0.25) is 14.1 Å². The Morgan fingerprint density at radius 3 is 2.13 bits per heavy atom. The Morgan fingerprint density at radius 2 is 1.53 bits per heavy atom. The van der Waals surface area contributed by atoms with E-state index < -0.39 is 14.7 Å². The third-order valence-corrected chi connectivity index (χ3v) is 5.15. The van der Waals surface area contributed by atoms with Gasteiger partial charge in [-0.2, -0.15) is 0 Å². The molecule has 0 aliphatic heterocycles. The minimum absolute atomic E-state index is 0.00807. The summed E-state index contributed by atoms with van der Waals surface area (Å²) in [5, 5.41) is 0. The van der Waals surface area contributed by atoms with Crippen molar-refractivity contribution >= 4 is 20.5 Å². The van der Waals surface area contributed by atoms with Gasteiger partial charge in [0.25, 0.3) is 0 Å². The van der Waals surface area contributed by atoms with Crippen LogP contribution in [0.4, 0.5) is 0 Å². The van der Waals surface area contributed by atoms with Crippen LogP contribution >= 0.6 is 8.60 Å². The molecule has 0 spiro atoms. The van der Waals surface area contributed by atoms with Crippen molar-refractivity contribution in [3.05, 3.63) is 30.3 Å². The molecular formula is C22H35O7P. The lowest BCUT2D eigenvalue weighted by Crippen LogP contribution is -2.29. The quantitative estimate of drug-likeness (QED) is 0.177. The zero-order chi connectivity index (χ0) is 22.0. The molecule has 7 nitrogen and oxygen atoms in total. The van der Waals surface area contributed by atoms with Crippen molar-refractivity contribution in [3.8, 4) is 5.75 Å². The number of benzene rings is 1. The zero-order valence-electron chi connectivity index (χ0n) is 18.3. The highest BCUT2D eigenvalue weighted by molar-refractivity contribution is 7.42. The number of unbranched alkanes of at least 4 members (excludes halogenated alkanes) is 4. The van der Waals surface area contributed by atoms with Gasteiger partial charge >= 0.3 is 20.5 Å². The summed E-state index contributed by atoms with van der Waals surface area (Å²) in [6, 6.07) is 9.16. The van der Waals surface area contributed by atoms with Gasteiger partial charge in [0, 0.05) is 20.0 Å². The van der Waals surface area contributed by atoms with Crippen LogP contribution in [-0.4, -0.2) is 38.4 Å². The fourth-order valence-electron chi connectivity index (χ4n) is 2.49. The Morgan fingerprint density at radius 1 is 0.900 bits per heavy atom. The van der Waals surface area contributed by atoms with Gasteiger partial charge in [0.05, 0.1) is 6.61 Å². The number of rotatable bonds is 17. The molecule has 8 heteroatoms. The minimum Gasteiger partial charge on any atom is -0.462 e. The monoisotopic (exact) mass is 442 g/mol. The van der Waals surface area contributed by atoms with Crippen molar-refractivity contribution in [1.29, 1.82) is 0 Å². The van der Waals surface area contributed by atoms with Crippen LogP contribution in [0.25, 0.3) is 0 Å². The summed E-state index contributed by atoms with van der Waals surface area (Å²) >= 11 is 0. The highest BCUT2D eigenvalue weighted by atomic mass is 31.2. The number of carbonyl (C=O) groups excluding carboxylic acids is 2. The molecule has 1 rings (SSSR count). The van der Waals surface area contributed by atoms with E-state index in [2.05, 4.69) is 13.8 Å². The Kier molecular flexibility index (Phi) is 15.0. The first-order valence-corrected chi connectivity index (χ1v) is 11.7. The SMILES string of the molecule is CCCCCC(=O)OC[C@H](COP(OC)Oc1ccccc1)OC(=O)CCCCC. The molecule has 0 bridgehead atoms. The second-order valence-electron chi connectivity index (χ2n) is 6.82. The van der Waals surface area contributed by atoms with E-state index in [0.717, 1.165) is 38.5 Å². The first kappa shape index (κ1) is 26.3. The molecule has 0 N–H and O–H groups in total. The molecule has 1 unspecified atom stereocenters. The Hall–Kier alpha value is -1.69. The van der Waals surface area contributed by atoms with Crippen molar-refractivity contribution in [3.63, 3.8) is 0 Å². The normalized spacial score (nSPS) is 12.8. The van der Waals surface area contributed by atoms with E-state index >= 15 is 0 Å². The first-order valence-electron chi connectivity index (χ1n) is 10.6. The van der Waals surface area contributed by atoms with Crippen LogP contribution in [0.15, 0.2) is 30.3 Å². The number of carbonyl (C=O) groups is 2. The fourth-order valence-corrected chi connectivity index (χ4v) is 3.30. The fraction of sp³-hybridized carbons (Fsp3) is 0.636. The summed E-state index contributed by atoms with van der Waals surface area (Å²) in [4.78, 5) is 24.0. The number of ether oxygens (including phenoxy) is 2. The molecule has 0 saturated heterocycles. The van der Waals surface area contributed by atoms with Crippen LogP contribution in [0.3, 0.4) is 0 Å². The maximum atomic E-state index is 12.1. The summed E-state index contributed by atoms with van der Waals surface area (Å²) in [5.41, 5.74) is 0. The summed E-state index contributed by atoms with van der Waals surface area (Å²) in [6.45, 7) is 4.10. The third kappa shape index (κ3) is 12.8. The van der Waals surface area contributed by atoms with Gasteiger partial charge in [0.15, 0.2) is 6.10 Å². The van der Waals surface area contributed by atoms with Crippen molar-refractivity contribution in [2.75, 3.05) is 20.3 Å². The summed E-state index contributed by atoms with van der Waals surface area (Å²) in [5.74, 6) is -0.0178. The molecule has 2 atom stereocenters.